The van der Waals surface area contributed by atoms with Crippen molar-refractivity contribution in [3.05, 3.63) is 71.8 Å². The molecule has 5 rings (SSSR count). The van der Waals surface area contributed by atoms with Crippen LogP contribution in [0.5, 0.6) is 0 Å². The van der Waals surface area contributed by atoms with Gasteiger partial charge in [-0.25, -0.2) is 14.0 Å². The molecule has 0 aliphatic carbocycles. The maximum absolute atomic E-state index is 13.6. The van der Waals surface area contributed by atoms with Crippen molar-refractivity contribution in [3.63, 3.8) is 0 Å². The van der Waals surface area contributed by atoms with Gasteiger partial charge in [0.2, 0.25) is 0 Å². The van der Waals surface area contributed by atoms with Gasteiger partial charge in [-0.1, -0.05) is 60.1 Å². The van der Waals surface area contributed by atoms with Crippen molar-refractivity contribution in [1.82, 2.24) is 24.1 Å². The largest absolute Gasteiger partial charge is 0.443 e. The zero-order chi connectivity index (χ0) is 29.3. The maximum atomic E-state index is 13.6. The summed E-state index contributed by atoms with van der Waals surface area (Å²) in [6, 6.07) is 19.1. The number of anilines is 1. The number of carbonyl (C=O) groups excluding carboxylic acids is 1. The van der Waals surface area contributed by atoms with Crippen molar-refractivity contribution in [3.8, 4) is 11.4 Å². The standard InChI is InChI=1S/C31H38ClN7O2/c1-31(2,3)41-30(40)39-23-13-9-8-12-22(23)20-24(39)28-25(26(32)27(33)21-10-6-5-7-11-21)29(34)38(35-28)19-18-37-16-14-36(4)15-17-37/h5-13,20H,14-19,33-34H2,1-4H3/b27-26+. The summed E-state index contributed by atoms with van der Waals surface area (Å²) in [5.41, 5.74) is 16.0. The second-order valence-corrected chi connectivity index (χ2v) is 11.9. The Morgan fingerprint density at radius 3 is 2.34 bits per heavy atom. The fourth-order valence-electron chi connectivity index (χ4n) is 5.06. The van der Waals surface area contributed by atoms with E-state index in [0.717, 1.165) is 43.7 Å². The lowest BCUT2D eigenvalue weighted by molar-refractivity contribution is 0.0547. The van der Waals surface area contributed by atoms with E-state index >= 15 is 0 Å². The van der Waals surface area contributed by atoms with Gasteiger partial charge in [-0.2, -0.15) is 5.10 Å². The van der Waals surface area contributed by atoms with Crippen LogP contribution in [0.2, 0.25) is 0 Å². The van der Waals surface area contributed by atoms with Crippen molar-refractivity contribution in [2.24, 2.45) is 5.73 Å². The number of aromatic nitrogens is 3. The van der Waals surface area contributed by atoms with Crippen molar-refractivity contribution in [2.75, 3.05) is 45.5 Å². The van der Waals surface area contributed by atoms with E-state index < -0.39 is 11.7 Å². The van der Waals surface area contributed by atoms with Crippen LogP contribution in [0.15, 0.2) is 60.7 Å². The molecule has 4 N–H and O–H groups in total. The first-order valence-corrected chi connectivity index (χ1v) is 14.2. The Labute approximate surface area is 245 Å². The Morgan fingerprint density at radius 1 is 1.00 bits per heavy atom. The van der Waals surface area contributed by atoms with Gasteiger partial charge in [-0.3, -0.25) is 4.90 Å². The van der Waals surface area contributed by atoms with Crippen LogP contribution in [0.25, 0.3) is 33.0 Å². The number of hydrogen-bond donors (Lipinski definition) is 2. The van der Waals surface area contributed by atoms with Gasteiger partial charge in [0.05, 0.1) is 34.0 Å². The molecule has 2 aromatic carbocycles. The van der Waals surface area contributed by atoms with E-state index in [2.05, 4.69) is 16.8 Å². The number of likely N-dealkylation sites (N-methyl/N-ethyl adjacent to an activating group) is 1. The Kier molecular flexibility index (Phi) is 8.13. The molecule has 0 radical (unpaired) electrons. The molecule has 0 unspecified atom stereocenters. The minimum Gasteiger partial charge on any atom is -0.443 e. The van der Waals surface area contributed by atoms with Gasteiger partial charge in [-0.05, 0) is 45.5 Å². The molecule has 216 valence electrons. The van der Waals surface area contributed by atoms with E-state index in [1.54, 1.807) is 9.25 Å². The van der Waals surface area contributed by atoms with Crippen LogP contribution < -0.4 is 11.5 Å². The average molecular weight is 576 g/mol. The van der Waals surface area contributed by atoms with Gasteiger partial charge in [0.1, 0.15) is 17.1 Å². The first-order chi connectivity index (χ1) is 19.5. The van der Waals surface area contributed by atoms with E-state index in [9.17, 15) is 4.79 Å². The van der Waals surface area contributed by atoms with E-state index in [4.69, 9.17) is 32.9 Å². The molecule has 0 bridgehead atoms. The van der Waals surface area contributed by atoms with Crippen molar-refractivity contribution >= 4 is 45.1 Å². The zero-order valence-electron chi connectivity index (χ0n) is 24.1. The van der Waals surface area contributed by atoms with Crippen molar-refractivity contribution < 1.29 is 9.53 Å². The highest BCUT2D eigenvalue weighted by atomic mass is 35.5. The molecule has 10 heteroatoms. The highest BCUT2D eigenvalue weighted by Crippen LogP contribution is 2.40. The number of nitrogen functional groups attached to an aromatic ring is 1. The van der Waals surface area contributed by atoms with Gasteiger partial charge in [0, 0.05) is 38.1 Å². The first-order valence-electron chi connectivity index (χ1n) is 13.9. The summed E-state index contributed by atoms with van der Waals surface area (Å²) in [7, 11) is 2.14. The number of para-hydroxylation sites is 1. The monoisotopic (exact) mass is 575 g/mol. The Morgan fingerprint density at radius 2 is 1.66 bits per heavy atom. The second kappa shape index (κ2) is 11.6. The van der Waals surface area contributed by atoms with Gasteiger partial charge >= 0.3 is 6.09 Å². The normalized spacial score (nSPS) is 15.7. The lowest BCUT2D eigenvalue weighted by atomic mass is 10.1. The third-order valence-corrected chi connectivity index (χ3v) is 7.68. The van der Waals surface area contributed by atoms with Crippen LogP contribution in [0.3, 0.4) is 0 Å². The van der Waals surface area contributed by atoms with Gasteiger partial charge < -0.3 is 21.1 Å². The van der Waals surface area contributed by atoms with E-state index in [1.807, 2.05) is 81.4 Å². The summed E-state index contributed by atoms with van der Waals surface area (Å²) < 4.78 is 9.13. The summed E-state index contributed by atoms with van der Waals surface area (Å²) in [5, 5.41) is 6.10. The second-order valence-electron chi connectivity index (χ2n) is 11.5. The predicted molar refractivity (Wildman–Crippen MR) is 166 cm³/mol. The zero-order valence-corrected chi connectivity index (χ0v) is 24.9. The highest BCUT2D eigenvalue weighted by Gasteiger charge is 2.29. The summed E-state index contributed by atoms with van der Waals surface area (Å²) >= 11 is 7.05. The number of nitrogens with two attached hydrogens (primary N) is 2. The number of hydrogen-bond acceptors (Lipinski definition) is 7. The summed E-state index contributed by atoms with van der Waals surface area (Å²) in [5.74, 6) is 0.388. The lowest BCUT2D eigenvalue weighted by Gasteiger charge is -2.32. The number of halogens is 1. The van der Waals surface area contributed by atoms with Crippen LogP contribution in [-0.2, 0) is 11.3 Å². The predicted octanol–water partition coefficient (Wildman–Crippen LogP) is 5.14. The van der Waals surface area contributed by atoms with Crippen LogP contribution in [0.4, 0.5) is 10.6 Å². The van der Waals surface area contributed by atoms with Crippen LogP contribution in [0, 0.1) is 0 Å². The topological polar surface area (TPSA) is 108 Å². The minimum atomic E-state index is -0.696. The number of rotatable bonds is 6. The van der Waals surface area contributed by atoms with E-state index in [1.165, 1.54) is 0 Å². The molecule has 4 aromatic rings. The van der Waals surface area contributed by atoms with Crippen molar-refractivity contribution in [2.45, 2.75) is 32.9 Å². The molecule has 0 spiro atoms. The highest BCUT2D eigenvalue weighted by molar-refractivity contribution is 6.53. The molecule has 1 aliphatic heterocycles. The average Bonchev–Trinajstić information content (AvgIpc) is 3.49. The lowest BCUT2D eigenvalue weighted by Crippen LogP contribution is -2.45. The molecule has 9 nitrogen and oxygen atoms in total. The van der Waals surface area contributed by atoms with Gasteiger partial charge in [0.25, 0.3) is 0 Å². The molecule has 1 saturated heterocycles. The van der Waals surface area contributed by atoms with Gasteiger partial charge in [0.15, 0.2) is 0 Å². The summed E-state index contributed by atoms with van der Waals surface area (Å²) in [4.78, 5) is 18.3. The van der Waals surface area contributed by atoms with Crippen LogP contribution in [-0.4, -0.2) is 75.6 Å². The van der Waals surface area contributed by atoms with Crippen molar-refractivity contribution in [1.29, 1.82) is 0 Å². The van der Waals surface area contributed by atoms with Gasteiger partial charge in [-0.15, -0.1) is 0 Å². The molecule has 1 aliphatic rings. The number of ether oxygens (including phenoxy) is 1. The molecule has 0 atom stereocenters. The Bertz CT molecular complexity index is 1580. The molecule has 2 aromatic heterocycles. The number of carbonyl (C=O) groups is 1. The number of piperazine rings is 1. The molecule has 1 fully saturated rings. The molecular formula is C31H38ClN7O2. The Hall–Kier alpha value is -3.79. The fraction of sp³-hybridized carbons (Fsp3) is 0.355. The third-order valence-electron chi connectivity index (χ3n) is 7.29. The molecule has 41 heavy (non-hydrogen) atoms. The molecule has 0 amide bonds. The third kappa shape index (κ3) is 6.12. The maximum Gasteiger partial charge on any atom is 0.419 e. The summed E-state index contributed by atoms with van der Waals surface area (Å²) in [6.45, 7) is 10.9. The smallest absolute Gasteiger partial charge is 0.419 e. The number of fused-ring (bicyclic) bond motifs is 1. The SMILES string of the molecule is CN1CCN(CCn2nc(-c3cc4ccccc4n3C(=O)OC(C)(C)C)c(/C(Cl)=C(\N)c3ccccc3)c2N)CC1. The van der Waals surface area contributed by atoms with E-state index in [0.29, 0.717) is 40.5 Å². The number of benzene rings is 2. The van der Waals surface area contributed by atoms with E-state index in [-0.39, 0.29) is 5.03 Å². The molecular weight excluding hydrogens is 538 g/mol. The fourth-order valence-corrected chi connectivity index (χ4v) is 5.36. The molecule has 0 saturated carbocycles. The number of nitrogens with zero attached hydrogens (tertiary/aromatic N) is 5. The quantitative estimate of drug-likeness (QED) is 0.328. The Balaban J connectivity index is 1.66. The van der Waals surface area contributed by atoms with Crippen LogP contribution >= 0.6 is 11.6 Å². The minimum absolute atomic E-state index is 0.274. The molecule has 3 heterocycles. The summed E-state index contributed by atoms with van der Waals surface area (Å²) in [6.07, 6.45) is -0.513. The van der Waals surface area contributed by atoms with Crippen LogP contribution in [0.1, 0.15) is 31.9 Å². The first kappa shape index (κ1) is 28.7.